The lowest BCUT2D eigenvalue weighted by Gasteiger charge is -2.25. The monoisotopic (exact) mass is 355 g/mol. The molecule has 0 saturated heterocycles. The van der Waals surface area contributed by atoms with Gasteiger partial charge in [0.25, 0.3) is 11.8 Å². The molecule has 5 heteroatoms. The second-order valence-corrected chi connectivity index (χ2v) is 7.46. The Bertz CT molecular complexity index is 596. The summed E-state index contributed by atoms with van der Waals surface area (Å²) in [7, 11) is 0. The number of pyridine rings is 1. The summed E-state index contributed by atoms with van der Waals surface area (Å²) in [4.78, 5) is 29.8. The van der Waals surface area contributed by atoms with Crippen molar-refractivity contribution in [2.24, 2.45) is 0 Å². The topological polar surface area (TPSA) is 71.1 Å². The highest BCUT2D eigenvalue weighted by Gasteiger charge is 2.25. The van der Waals surface area contributed by atoms with E-state index in [0.717, 1.165) is 56.9 Å². The highest BCUT2D eigenvalue weighted by atomic mass is 16.2. The first kappa shape index (κ1) is 18.6. The summed E-state index contributed by atoms with van der Waals surface area (Å²) >= 11 is 0. The van der Waals surface area contributed by atoms with Gasteiger partial charge in [0.15, 0.2) is 0 Å². The molecule has 0 unspecified atom stereocenters. The van der Waals surface area contributed by atoms with Crippen LogP contribution in [0.5, 0.6) is 0 Å². The van der Waals surface area contributed by atoms with E-state index in [9.17, 15) is 9.59 Å². The molecule has 1 aromatic rings. The number of hydrogen-bond acceptors (Lipinski definition) is 3. The Morgan fingerprint density at radius 1 is 0.885 bits per heavy atom. The number of carbonyl (C=O) groups excluding carboxylic acids is 2. The molecule has 2 amide bonds. The third-order valence-electron chi connectivity index (χ3n) is 5.37. The summed E-state index contributed by atoms with van der Waals surface area (Å²) < 4.78 is 0. The normalized spacial score (nSPS) is 18.8. The molecular formula is C21H29N3O2. The SMILES string of the molecule is O=C(NC1CCCCC1)C(=Cc1cccnc1)C(=O)NC1CCCCC1. The number of nitrogens with zero attached hydrogens (tertiary/aromatic N) is 1. The molecule has 1 heterocycles. The Morgan fingerprint density at radius 3 is 1.88 bits per heavy atom. The van der Waals surface area contributed by atoms with Gasteiger partial charge in [-0.2, -0.15) is 0 Å². The molecule has 2 N–H and O–H groups in total. The number of rotatable bonds is 5. The van der Waals surface area contributed by atoms with Crippen LogP contribution < -0.4 is 10.6 Å². The van der Waals surface area contributed by atoms with Gasteiger partial charge < -0.3 is 10.6 Å². The predicted octanol–water partition coefficient (Wildman–Crippen LogP) is 3.36. The van der Waals surface area contributed by atoms with E-state index in [0.29, 0.717) is 0 Å². The lowest BCUT2D eigenvalue weighted by molar-refractivity contribution is -0.124. The molecule has 2 aliphatic carbocycles. The summed E-state index contributed by atoms with van der Waals surface area (Å²) in [6, 6.07) is 4.02. The first-order chi connectivity index (χ1) is 12.7. The van der Waals surface area contributed by atoms with Gasteiger partial charge in [-0.3, -0.25) is 14.6 Å². The standard InChI is InChI=1S/C21H29N3O2/c25-20(23-17-9-3-1-4-10-17)19(14-16-8-7-13-22-15-16)21(26)24-18-11-5-2-6-12-18/h7-8,13-15,17-18H,1-6,9-12H2,(H,23,25)(H,24,26). The molecule has 0 spiro atoms. The molecule has 0 atom stereocenters. The Labute approximate surface area is 155 Å². The zero-order valence-corrected chi connectivity index (χ0v) is 15.4. The van der Waals surface area contributed by atoms with E-state index in [4.69, 9.17) is 0 Å². The van der Waals surface area contributed by atoms with Crippen molar-refractivity contribution in [3.05, 3.63) is 35.7 Å². The van der Waals surface area contributed by atoms with Crippen LogP contribution in [0.4, 0.5) is 0 Å². The van der Waals surface area contributed by atoms with E-state index < -0.39 is 0 Å². The van der Waals surface area contributed by atoms with Crippen molar-refractivity contribution in [2.45, 2.75) is 76.3 Å². The van der Waals surface area contributed by atoms with Gasteiger partial charge in [0.05, 0.1) is 0 Å². The molecule has 0 aromatic carbocycles. The molecule has 0 bridgehead atoms. The van der Waals surface area contributed by atoms with Crippen LogP contribution in [0.25, 0.3) is 6.08 Å². The maximum Gasteiger partial charge on any atom is 0.257 e. The maximum absolute atomic E-state index is 12.8. The number of hydrogen-bond donors (Lipinski definition) is 2. The van der Waals surface area contributed by atoms with Crippen LogP contribution in [0.15, 0.2) is 30.1 Å². The van der Waals surface area contributed by atoms with Crippen molar-refractivity contribution in [1.29, 1.82) is 0 Å². The van der Waals surface area contributed by atoms with Crippen LogP contribution in [0.1, 0.15) is 69.8 Å². The molecular weight excluding hydrogens is 326 g/mol. The molecule has 2 aliphatic rings. The van der Waals surface area contributed by atoms with Crippen molar-refractivity contribution in [2.75, 3.05) is 0 Å². The third-order valence-corrected chi connectivity index (χ3v) is 5.37. The predicted molar refractivity (Wildman–Crippen MR) is 102 cm³/mol. The van der Waals surface area contributed by atoms with Gasteiger partial charge in [0.2, 0.25) is 0 Å². The fourth-order valence-corrected chi connectivity index (χ4v) is 3.88. The highest BCUT2D eigenvalue weighted by Crippen LogP contribution is 2.20. The lowest BCUT2D eigenvalue weighted by Crippen LogP contribution is -2.43. The lowest BCUT2D eigenvalue weighted by atomic mass is 9.94. The molecule has 3 rings (SSSR count). The largest absolute Gasteiger partial charge is 0.349 e. The second kappa shape index (κ2) is 9.51. The summed E-state index contributed by atoms with van der Waals surface area (Å²) in [6.07, 6.45) is 16.0. The van der Waals surface area contributed by atoms with Gasteiger partial charge in [-0.25, -0.2) is 0 Å². The van der Waals surface area contributed by atoms with Crippen LogP contribution in [-0.4, -0.2) is 28.9 Å². The average molecular weight is 355 g/mol. The van der Waals surface area contributed by atoms with E-state index in [-0.39, 0.29) is 29.5 Å². The minimum Gasteiger partial charge on any atom is -0.349 e. The van der Waals surface area contributed by atoms with Gasteiger partial charge in [-0.05, 0) is 43.4 Å². The molecule has 26 heavy (non-hydrogen) atoms. The second-order valence-electron chi connectivity index (χ2n) is 7.46. The van der Waals surface area contributed by atoms with Gasteiger partial charge in [0, 0.05) is 24.5 Å². The molecule has 140 valence electrons. The summed E-state index contributed by atoms with van der Waals surface area (Å²) in [6.45, 7) is 0. The molecule has 0 aliphatic heterocycles. The van der Waals surface area contributed by atoms with Gasteiger partial charge in [-0.1, -0.05) is 44.6 Å². The summed E-state index contributed by atoms with van der Waals surface area (Å²) in [5.74, 6) is -0.539. The Kier molecular flexibility index (Phi) is 6.81. The maximum atomic E-state index is 12.8. The Morgan fingerprint density at radius 2 is 1.42 bits per heavy atom. The fraction of sp³-hybridized carbons (Fsp3) is 0.571. The van der Waals surface area contributed by atoms with E-state index >= 15 is 0 Å². The van der Waals surface area contributed by atoms with Crippen LogP contribution >= 0.6 is 0 Å². The van der Waals surface area contributed by atoms with Crippen molar-refractivity contribution in [3.63, 3.8) is 0 Å². The van der Waals surface area contributed by atoms with Crippen LogP contribution in [-0.2, 0) is 9.59 Å². The number of nitrogens with one attached hydrogen (secondary N) is 2. The smallest absolute Gasteiger partial charge is 0.257 e. The first-order valence-electron chi connectivity index (χ1n) is 9.96. The van der Waals surface area contributed by atoms with Crippen LogP contribution in [0.3, 0.4) is 0 Å². The number of aromatic nitrogens is 1. The third kappa shape index (κ3) is 5.41. The summed E-state index contributed by atoms with van der Waals surface area (Å²) in [5, 5.41) is 6.14. The van der Waals surface area contributed by atoms with E-state index in [1.165, 1.54) is 12.8 Å². The Hall–Kier alpha value is -2.17. The van der Waals surface area contributed by atoms with Crippen molar-refractivity contribution in [1.82, 2.24) is 15.6 Å². The molecule has 2 fully saturated rings. The van der Waals surface area contributed by atoms with Crippen molar-refractivity contribution in [3.8, 4) is 0 Å². The fourth-order valence-electron chi connectivity index (χ4n) is 3.88. The quantitative estimate of drug-likeness (QED) is 0.483. The minimum absolute atomic E-state index is 0.177. The van der Waals surface area contributed by atoms with Crippen LogP contribution in [0, 0.1) is 0 Å². The molecule has 1 aromatic heterocycles. The van der Waals surface area contributed by atoms with Crippen molar-refractivity contribution < 1.29 is 9.59 Å². The molecule has 2 saturated carbocycles. The molecule has 5 nitrogen and oxygen atoms in total. The first-order valence-corrected chi connectivity index (χ1v) is 9.96. The Balaban J connectivity index is 1.73. The van der Waals surface area contributed by atoms with Gasteiger partial charge in [0.1, 0.15) is 5.57 Å². The highest BCUT2D eigenvalue weighted by molar-refractivity contribution is 6.21. The van der Waals surface area contributed by atoms with Crippen molar-refractivity contribution >= 4 is 17.9 Å². The van der Waals surface area contributed by atoms with Crippen LogP contribution in [0.2, 0.25) is 0 Å². The van der Waals surface area contributed by atoms with Gasteiger partial charge >= 0.3 is 0 Å². The number of carbonyl (C=O) groups is 2. The molecule has 0 radical (unpaired) electrons. The van der Waals surface area contributed by atoms with E-state index in [1.54, 1.807) is 18.5 Å². The van der Waals surface area contributed by atoms with Gasteiger partial charge in [-0.15, -0.1) is 0 Å². The zero-order chi connectivity index (χ0) is 18.2. The van der Waals surface area contributed by atoms with E-state index in [2.05, 4.69) is 15.6 Å². The summed E-state index contributed by atoms with van der Waals surface area (Å²) in [5.41, 5.74) is 0.953. The van der Waals surface area contributed by atoms with E-state index in [1.807, 2.05) is 12.1 Å². The average Bonchev–Trinajstić information content (AvgIpc) is 2.68. The zero-order valence-electron chi connectivity index (χ0n) is 15.4. The minimum atomic E-state index is -0.269. The number of amides is 2.